The van der Waals surface area contributed by atoms with E-state index in [2.05, 4.69) is 10.3 Å². The Balaban J connectivity index is 1.67. The number of carbonyl (C=O) groups excluding carboxylic acids is 1. The van der Waals surface area contributed by atoms with E-state index in [0.717, 1.165) is 4.40 Å². The topological polar surface area (TPSA) is 79.4 Å². The summed E-state index contributed by atoms with van der Waals surface area (Å²) in [6.45, 7) is 4.28. The van der Waals surface area contributed by atoms with Crippen LogP contribution < -0.4 is 5.32 Å². The van der Waals surface area contributed by atoms with Gasteiger partial charge in [0.1, 0.15) is 17.4 Å². The zero-order valence-electron chi connectivity index (χ0n) is 19.5. The van der Waals surface area contributed by atoms with E-state index < -0.39 is 29.3 Å². The van der Waals surface area contributed by atoms with Crippen LogP contribution in [0.3, 0.4) is 0 Å². The Morgan fingerprint density at radius 2 is 1.94 bits per heavy atom. The number of aromatic nitrogens is 2. The van der Waals surface area contributed by atoms with Crippen LogP contribution >= 0.6 is 0 Å². The van der Waals surface area contributed by atoms with Crippen LogP contribution in [-0.2, 0) is 17.3 Å². The van der Waals surface area contributed by atoms with E-state index in [1.165, 1.54) is 12.1 Å². The number of nitrogens with one attached hydrogen (secondary N) is 1. The van der Waals surface area contributed by atoms with Gasteiger partial charge in [0, 0.05) is 31.1 Å². The van der Waals surface area contributed by atoms with Crippen LogP contribution in [0.25, 0.3) is 5.65 Å². The van der Waals surface area contributed by atoms with Crippen LogP contribution in [0.15, 0.2) is 12.1 Å². The summed E-state index contributed by atoms with van der Waals surface area (Å²) < 4.78 is 75.4. The van der Waals surface area contributed by atoms with Crippen molar-refractivity contribution in [1.82, 2.24) is 14.7 Å². The lowest BCUT2D eigenvalue weighted by molar-refractivity contribution is -0.141. The van der Waals surface area contributed by atoms with Gasteiger partial charge in [-0.15, -0.1) is 0 Å². The number of carbonyl (C=O) groups is 1. The first-order valence-corrected chi connectivity index (χ1v) is 11.6. The Bertz CT molecular complexity index is 1160. The lowest BCUT2D eigenvalue weighted by Gasteiger charge is -2.35. The fourth-order valence-electron chi connectivity index (χ4n) is 5.06. The first-order chi connectivity index (χ1) is 16.3. The molecule has 0 bridgehead atoms. The first-order valence-electron chi connectivity index (χ1n) is 11.6. The Kier molecular flexibility index (Phi) is 6.55. The van der Waals surface area contributed by atoms with Gasteiger partial charge in [-0.25, -0.2) is 13.8 Å². The van der Waals surface area contributed by atoms with E-state index in [0.29, 0.717) is 19.4 Å². The molecule has 0 spiro atoms. The molecule has 2 aromatic heterocycles. The summed E-state index contributed by atoms with van der Waals surface area (Å²) in [5.74, 6) is -3.70. The molecular formula is C24H27F5N4O2. The van der Waals surface area contributed by atoms with Crippen molar-refractivity contribution in [3.05, 3.63) is 34.8 Å². The Morgan fingerprint density at radius 3 is 2.54 bits per heavy atom. The highest BCUT2D eigenvalue weighted by atomic mass is 19.4. The standard InChI is InChI=1S/C24H27F5N4O2/c1-22(2)12-16(5-8-35-22)31-21(34)15-10-17(13-30)33-18(9-14-3-6-23(25,26)7-4-14)20(24(27,28)29)32-19(33)11-15/h10-11,14,16H,3-9,12H2,1-2H3,(H,31,34). The molecule has 6 nitrogen and oxygen atoms in total. The largest absolute Gasteiger partial charge is 0.435 e. The van der Waals surface area contributed by atoms with Gasteiger partial charge in [-0.3, -0.25) is 9.20 Å². The minimum atomic E-state index is -4.80. The molecule has 1 atom stereocenters. The molecule has 2 fully saturated rings. The second kappa shape index (κ2) is 9.04. The number of halogens is 5. The molecule has 2 aliphatic rings. The monoisotopic (exact) mass is 498 g/mol. The summed E-state index contributed by atoms with van der Waals surface area (Å²) >= 11 is 0. The van der Waals surface area contributed by atoms with Crippen molar-refractivity contribution in [3.63, 3.8) is 0 Å². The molecule has 1 saturated carbocycles. The van der Waals surface area contributed by atoms with Gasteiger partial charge in [0.2, 0.25) is 5.92 Å². The van der Waals surface area contributed by atoms with Gasteiger partial charge in [-0.05, 0) is 64.0 Å². The van der Waals surface area contributed by atoms with Gasteiger partial charge < -0.3 is 10.1 Å². The van der Waals surface area contributed by atoms with Gasteiger partial charge in [0.05, 0.1) is 11.3 Å². The number of imidazole rings is 1. The number of amides is 1. The maximum absolute atomic E-state index is 13.9. The molecule has 3 heterocycles. The molecular weight excluding hydrogens is 471 g/mol. The number of alkyl halides is 5. The van der Waals surface area contributed by atoms with Crippen molar-refractivity contribution < 1.29 is 31.5 Å². The summed E-state index contributed by atoms with van der Waals surface area (Å²) in [6, 6.07) is 4.16. The third kappa shape index (κ3) is 5.58. The highest BCUT2D eigenvalue weighted by Gasteiger charge is 2.41. The number of hydrogen-bond acceptors (Lipinski definition) is 4. The number of rotatable bonds is 4. The van der Waals surface area contributed by atoms with Crippen molar-refractivity contribution in [1.29, 1.82) is 5.26 Å². The zero-order chi connectivity index (χ0) is 25.6. The average molecular weight is 498 g/mol. The van der Waals surface area contributed by atoms with Crippen LogP contribution in [0.4, 0.5) is 22.0 Å². The molecule has 0 aromatic carbocycles. The fraction of sp³-hybridized carbons (Fsp3) is 0.625. The van der Waals surface area contributed by atoms with E-state index >= 15 is 0 Å². The number of nitriles is 1. The molecule has 0 radical (unpaired) electrons. The van der Waals surface area contributed by atoms with Crippen molar-refractivity contribution in [3.8, 4) is 6.07 Å². The number of fused-ring (bicyclic) bond motifs is 1. The summed E-state index contributed by atoms with van der Waals surface area (Å²) in [5.41, 5.74) is -2.13. The second-order valence-electron chi connectivity index (χ2n) is 10.1. The first kappa shape index (κ1) is 25.4. The molecule has 190 valence electrons. The van der Waals surface area contributed by atoms with Crippen molar-refractivity contribution in [2.24, 2.45) is 5.92 Å². The van der Waals surface area contributed by atoms with Crippen molar-refractivity contribution in [2.75, 3.05) is 6.61 Å². The summed E-state index contributed by atoms with van der Waals surface area (Å²) in [4.78, 5) is 16.6. The molecule has 1 N–H and O–H groups in total. The predicted molar refractivity (Wildman–Crippen MR) is 116 cm³/mol. The summed E-state index contributed by atoms with van der Waals surface area (Å²) in [5, 5.41) is 12.6. The normalized spacial score (nSPS) is 22.6. The molecule has 1 aliphatic carbocycles. The minimum Gasteiger partial charge on any atom is -0.375 e. The molecule has 2 aromatic rings. The van der Waals surface area contributed by atoms with E-state index in [4.69, 9.17) is 4.74 Å². The Hall–Kier alpha value is -2.74. The third-order valence-corrected chi connectivity index (χ3v) is 6.81. The number of nitrogens with zero attached hydrogens (tertiary/aromatic N) is 3. The van der Waals surface area contributed by atoms with Gasteiger partial charge in [0.15, 0.2) is 5.69 Å². The molecule has 1 unspecified atom stereocenters. The Morgan fingerprint density at radius 1 is 1.26 bits per heavy atom. The summed E-state index contributed by atoms with van der Waals surface area (Å²) in [7, 11) is 0. The van der Waals surface area contributed by atoms with Crippen LogP contribution in [0, 0.1) is 17.2 Å². The van der Waals surface area contributed by atoms with Crippen LogP contribution in [0.1, 0.15) is 79.8 Å². The van der Waals surface area contributed by atoms with E-state index in [-0.39, 0.29) is 66.7 Å². The van der Waals surface area contributed by atoms with Crippen LogP contribution in [0.5, 0.6) is 0 Å². The van der Waals surface area contributed by atoms with Crippen molar-refractivity contribution in [2.45, 2.75) is 82.5 Å². The van der Waals surface area contributed by atoms with Gasteiger partial charge in [-0.1, -0.05) is 0 Å². The SMILES string of the molecule is CC1(C)CC(NC(=O)c2cc(C#N)n3c(CC4CCC(F)(F)CC4)c(C(F)(F)F)nc3c2)CCO1. The predicted octanol–water partition coefficient (Wildman–Crippen LogP) is 5.28. The molecule has 1 amide bonds. The molecule has 1 aliphatic heterocycles. The highest BCUT2D eigenvalue weighted by molar-refractivity contribution is 5.95. The van der Waals surface area contributed by atoms with E-state index in [1.807, 2.05) is 19.9 Å². The fourth-order valence-corrected chi connectivity index (χ4v) is 5.06. The minimum absolute atomic E-state index is 0.0286. The van der Waals surface area contributed by atoms with E-state index in [9.17, 15) is 32.0 Å². The van der Waals surface area contributed by atoms with Crippen LogP contribution in [0.2, 0.25) is 0 Å². The second-order valence-corrected chi connectivity index (χ2v) is 10.1. The molecule has 4 rings (SSSR count). The molecule has 11 heteroatoms. The van der Waals surface area contributed by atoms with Crippen LogP contribution in [-0.4, -0.2) is 39.5 Å². The number of hydrogen-bond donors (Lipinski definition) is 1. The maximum atomic E-state index is 13.9. The third-order valence-electron chi connectivity index (χ3n) is 6.81. The van der Waals surface area contributed by atoms with E-state index in [1.54, 1.807) is 0 Å². The molecule has 35 heavy (non-hydrogen) atoms. The number of ether oxygens (including phenoxy) is 1. The average Bonchev–Trinajstić information content (AvgIpc) is 3.12. The van der Waals surface area contributed by atoms with Gasteiger partial charge in [-0.2, -0.15) is 18.4 Å². The number of pyridine rings is 1. The van der Waals surface area contributed by atoms with Gasteiger partial charge in [0.25, 0.3) is 5.91 Å². The lowest BCUT2D eigenvalue weighted by Crippen LogP contribution is -2.45. The maximum Gasteiger partial charge on any atom is 0.435 e. The lowest BCUT2D eigenvalue weighted by atomic mass is 9.83. The Labute approximate surface area is 199 Å². The molecule has 1 saturated heterocycles. The quantitative estimate of drug-likeness (QED) is 0.582. The van der Waals surface area contributed by atoms with Crippen molar-refractivity contribution >= 4 is 11.6 Å². The summed E-state index contributed by atoms with van der Waals surface area (Å²) in [6.07, 6.45) is -4.37. The van der Waals surface area contributed by atoms with Gasteiger partial charge >= 0.3 is 6.18 Å². The highest BCUT2D eigenvalue weighted by Crippen LogP contribution is 2.40. The zero-order valence-corrected chi connectivity index (χ0v) is 19.5. The smallest absolute Gasteiger partial charge is 0.375 e.